The van der Waals surface area contributed by atoms with Crippen LogP contribution in [-0.2, 0) is 4.79 Å². The van der Waals surface area contributed by atoms with Gasteiger partial charge in [0.2, 0.25) is 0 Å². The van der Waals surface area contributed by atoms with Crippen molar-refractivity contribution >= 4 is 5.78 Å². The maximum absolute atomic E-state index is 11.2. The number of Topliss-reactive ketones (excluding diaryl/α,β-unsaturated/α-hetero) is 1. The summed E-state index contributed by atoms with van der Waals surface area (Å²) in [4.78, 5) is 11.2. The molecule has 0 amide bonds. The van der Waals surface area contributed by atoms with E-state index in [0.29, 0.717) is 17.7 Å². The molecule has 0 aromatic rings. The Morgan fingerprint density at radius 1 is 1.58 bits per heavy atom. The summed E-state index contributed by atoms with van der Waals surface area (Å²) in [6.07, 6.45) is -0.443. The number of aliphatic hydroxyl groups excluding tert-OH is 1. The van der Waals surface area contributed by atoms with E-state index in [1.165, 1.54) is 0 Å². The number of carbonyl (C=O) groups is 1. The lowest BCUT2D eigenvalue weighted by Crippen LogP contribution is -2.38. The molecule has 0 aliphatic heterocycles. The molecule has 68 valence electrons. The van der Waals surface area contributed by atoms with Gasteiger partial charge in [-0.05, 0) is 13.3 Å². The summed E-state index contributed by atoms with van der Waals surface area (Å²) in [6.45, 7) is 5.53. The average molecular weight is 169 g/mol. The van der Waals surface area contributed by atoms with Gasteiger partial charge in [-0.25, -0.2) is 0 Å². The van der Waals surface area contributed by atoms with Crippen LogP contribution in [0, 0.1) is 5.41 Å². The number of rotatable bonds is 0. The summed E-state index contributed by atoms with van der Waals surface area (Å²) in [7, 11) is 0. The molecule has 1 aliphatic rings. The molecule has 0 radical (unpaired) electrons. The van der Waals surface area contributed by atoms with Crippen LogP contribution in [0.2, 0.25) is 0 Å². The van der Waals surface area contributed by atoms with Crippen molar-refractivity contribution in [1.82, 2.24) is 0 Å². The molecule has 1 rings (SSSR count). The van der Waals surface area contributed by atoms with Gasteiger partial charge in [0.15, 0.2) is 5.78 Å². The Balaban J connectivity index is 3.13. The van der Waals surface area contributed by atoms with Crippen LogP contribution in [0.4, 0.5) is 0 Å². The molecule has 0 heterocycles. The second-order valence-corrected chi connectivity index (χ2v) is 4.01. The molecule has 3 N–H and O–H groups in total. The number of hydrogen-bond acceptors (Lipinski definition) is 3. The fraction of sp³-hybridized carbons (Fsp3) is 0.667. The Labute approximate surface area is 72.3 Å². The van der Waals surface area contributed by atoms with Crippen molar-refractivity contribution in [1.29, 1.82) is 0 Å². The summed E-state index contributed by atoms with van der Waals surface area (Å²) in [6, 6.07) is 0. The molecule has 12 heavy (non-hydrogen) atoms. The summed E-state index contributed by atoms with van der Waals surface area (Å²) >= 11 is 0. The topological polar surface area (TPSA) is 63.3 Å². The predicted octanol–water partition coefficient (Wildman–Crippen LogP) is 0.579. The lowest BCUT2D eigenvalue weighted by atomic mass is 9.75. The summed E-state index contributed by atoms with van der Waals surface area (Å²) < 4.78 is 0. The first-order valence-corrected chi connectivity index (χ1v) is 4.05. The molecule has 1 atom stereocenters. The van der Waals surface area contributed by atoms with E-state index >= 15 is 0 Å². The van der Waals surface area contributed by atoms with E-state index in [0.717, 1.165) is 0 Å². The average Bonchev–Trinajstić information content (AvgIpc) is 1.97. The zero-order valence-electron chi connectivity index (χ0n) is 7.72. The second kappa shape index (κ2) is 2.59. The number of nitrogens with two attached hydrogens (primary N) is 1. The van der Waals surface area contributed by atoms with E-state index in [1.54, 1.807) is 6.92 Å². The van der Waals surface area contributed by atoms with Gasteiger partial charge in [0, 0.05) is 16.7 Å². The molecule has 0 spiro atoms. The summed E-state index contributed by atoms with van der Waals surface area (Å²) in [5, 5.41) is 9.36. The fourth-order valence-electron chi connectivity index (χ4n) is 1.58. The molecule has 0 aromatic heterocycles. The van der Waals surface area contributed by atoms with Crippen LogP contribution >= 0.6 is 0 Å². The van der Waals surface area contributed by atoms with E-state index in [4.69, 9.17) is 5.73 Å². The third-order valence-corrected chi connectivity index (χ3v) is 2.51. The van der Waals surface area contributed by atoms with Crippen molar-refractivity contribution in [3.8, 4) is 0 Å². The smallest absolute Gasteiger partial charge is 0.188 e. The van der Waals surface area contributed by atoms with Gasteiger partial charge in [0.25, 0.3) is 0 Å². The molecule has 0 aromatic carbocycles. The quantitative estimate of drug-likeness (QED) is 0.557. The van der Waals surface area contributed by atoms with Crippen molar-refractivity contribution in [2.45, 2.75) is 33.3 Å². The zero-order chi connectivity index (χ0) is 9.52. The van der Waals surface area contributed by atoms with Gasteiger partial charge in [-0.15, -0.1) is 0 Å². The maximum Gasteiger partial charge on any atom is 0.188 e. The van der Waals surface area contributed by atoms with Crippen LogP contribution in [0.15, 0.2) is 11.3 Å². The van der Waals surface area contributed by atoms with Crippen molar-refractivity contribution < 1.29 is 9.90 Å². The van der Waals surface area contributed by atoms with Gasteiger partial charge in [-0.3, -0.25) is 4.79 Å². The Bertz CT molecular complexity index is 253. The molecule has 1 aliphatic carbocycles. The third-order valence-electron chi connectivity index (χ3n) is 2.51. The van der Waals surface area contributed by atoms with Crippen LogP contribution in [0.25, 0.3) is 0 Å². The minimum absolute atomic E-state index is 0.230. The van der Waals surface area contributed by atoms with Crippen LogP contribution in [0.1, 0.15) is 27.2 Å². The Morgan fingerprint density at radius 3 is 2.58 bits per heavy atom. The second-order valence-electron chi connectivity index (χ2n) is 4.01. The molecule has 0 bridgehead atoms. The molecule has 0 fully saturated rings. The predicted molar refractivity (Wildman–Crippen MR) is 46.3 cm³/mol. The zero-order valence-corrected chi connectivity index (χ0v) is 7.72. The summed E-state index contributed by atoms with van der Waals surface area (Å²) in [5.41, 5.74) is 6.63. The maximum atomic E-state index is 11.2. The highest BCUT2D eigenvalue weighted by molar-refractivity contribution is 5.99. The van der Waals surface area contributed by atoms with E-state index in [1.807, 2.05) is 13.8 Å². The van der Waals surface area contributed by atoms with Crippen LogP contribution < -0.4 is 5.73 Å². The number of ketones is 1. The van der Waals surface area contributed by atoms with E-state index in [-0.39, 0.29) is 11.2 Å². The highest BCUT2D eigenvalue weighted by Gasteiger charge is 2.36. The highest BCUT2D eigenvalue weighted by atomic mass is 16.3. The standard InChI is InChI=1S/C9H15NO2/c1-5-7(12)6(11)4-9(2,3)8(5)10/h6,11H,4,10H2,1-3H3/t6-/m0/s1. The molecule has 0 unspecified atom stereocenters. The van der Waals surface area contributed by atoms with E-state index in [2.05, 4.69) is 0 Å². The molecular formula is C9H15NO2. The van der Waals surface area contributed by atoms with Crippen molar-refractivity contribution in [2.75, 3.05) is 0 Å². The number of hydrogen-bond donors (Lipinski definition) is 2. The van der Waals surface area contributed by atoms with Crippen molar-refractivity contribution in [3.05, 3.63) is 11.3 Å². The molecule has 3 nitrogen and oxygen atoms in total. The molecule has 3 heteroatoms. The molecular weight excluding hydrogens is 154 g/mol. The number of carbonyl (C=O) groups excluding carboxylic acids is 1. The molecule has 0 saturated heterocycles. The first-order valence-electron chi connectivity index (χ1n) is 4.05. The monoisotopic (exact) mass is 169 g/mol. The van der Waals surface area contributed by atoms with Gasteiger partial charge in [0.1, 0.15) is 6.10 Å². The Kier molecular flexibility index (Phi) is 2.00. The SMILES string of the molecule is CC1=C(N)C(C)(C)C[C@H](O)C1=O. The van der Waals surface area contributed by atoms with Crippen LogP contribution in [-0.4, -0.2) is 17.0 Å². The van der Waals surface area contributed by atoms with Gasteiger partial charge >= 0.3 is 0 Å². The largest absolute Gasteiger partial charge is 0.401 e. The number of allylic oxidation sites excluding steroid dienone is 1. The van der Waals surface area contributed by atoms with Gasteiger partial charge < -0.3 is 10.8 Å². The first-order chi connectivity index (χ1) is 5.36. The normalized spacial score (nSPS) is 29.3. The van der Waals surface area contributed by atoms with Crippen molar-refractivity contribution in [3.63, 3.8) is 0 Å². The first kappa shape index (κ1) is 9.26. The summed E-state index contributed by atoms with van der Waals surface area (Å²) in [5.74, 6) is -0.230. The third kappa shape index (κ3) is 1.25. The Hall–Kier alpha value is -0.830. The Morgan fingerprint density at radius 2 is 2.08 bits per heavy atom. The highest BCUT2D eigenvalue weighted by Crippen LogP contribution is 2.35. The van der Waals surface area contributed by atoms with Crippen LogP contribution in [0.5, 0.6) is 0 Å². The minimum Gasteiger partial charge on any atom is -0.401 e. The van der Waals surface area contributed by atoms with E-state index < -0.39 is 6.10 Å². The lowest BCUT2D eigenvalue weighted by molar-refractivity contribution is -0.125. The molecule has 0 saturated carbocycles. The van der Waals surface area contributed by atoms with E-state index in [9.17, 15) is 9.90 Å². The van der Waals surface area contributed by atoms with Crippen LogP contribution in [0.3, 0.4) is 0 Å². The fourth-order valence-corrected chi connectivity index (χ4v) is 1.58. The van der Waals surface area contributed by atoms with Gasteiger partial charge in [-0.1, -0.05) is 13.8 Å². The number of aliphatic hydroxyl groups is 1. The van der Waals surface area contributed by atoms with Gasteiger partial charge in [-0.2, -0.15) is 0 Å². The minimum atomic E-state index is -0.868. The lowest BCUT2D eigenvalue weighted by Gasteiger charge is -2.33. The van der Waals surface area contributed by atoms with Gasteiger partial charge in [0.05, 0.1) is 0 Å². The van der Waals surface area contributed by atoms with Crippen molar-refractivity contribution in [2.24, 2.45) is 11.1 Å².